The van der Waals surface area contributed by atoms with E-state index in [2.05, 4.69) is 10.1 Å². The minimum absolute atomic E-state index is 0.0754. The van der Waals surface area contributed by atoms with Gasteiger partial charge < -0.3 is 4.98 Å². The van der Waals surface area contributed by atoms with E-state index >= 15 is 0 Å². The van der Waals surface area contributed by atoms with Gasteiger partial charge >= 0.3 is 0 Å². The smallest absolute Gasteiger partial charge is 0.259 e. The van der Waals surface area contributed by atoms with Crippen molar-refractivity contribution in [2.75, 3.05) is 0 Å². The number of aromatic amines is 1. The van der Waals surface area contributed by atoms with Gasteiger partial charge in [0.2, 0.25) is 0 Å². The molecule has 3 rings (SSSR count). The Balaban J connectivity index is 2.74. The zero-order chi connectivity index (χ0) is 9.54. The molecule has 0 unspecified atom stereocenters. The largest absolute Gasteiger partial charge is 0.306 e. The number of H-pyrrole nitrogens is 1. The summed E-state index contributed by atoms with van der Waals surface area (Å²) in [6.07, 6.45) is 1.66. The number of hydrogen-bond acceptors (Lipinski definition) is 2. The van der Waals surface area contributed by atoms with Gasteiger partial charge in [0.15, 0.2) is 0 Å². The molecule has 4 heteroatoms. The molecule has 0 atom stereocenters. The first kappa shape index (κ1) is 7.32. The lowest BCUT2D eigenvalue weighted by Crippen LogP contribution is -2.09. The van der Waals surface area contributed by atoms with Gasteiger partial charge in [-0.05, 0) is 12.1 Å². The van der Waals surface area contributed by atoms with Crippen LogP contribution in [0.25, 0.3) is 16.6 Å². The van der Waals surface area contributed by atoms with E-state index in [1.165, 1.54) is 0 Å². The van der Waals surface area contributed by atoms with Crippen LogP contribution in [0.15, 0.2) is 41.3 Å². The van der Waals surface area contributed by atoms with Crippen LogP contribution < -0.4 is 5.56 Å². The predicted octanol–water partition coefficient (Wildman–Crippen LogP) is 1.18. The van der Waals surface area contributed by atoms with Crippen molar-refractivity contribution in [3.63, 3.8) is 0 Å². The first-order valence-electron chi connectivity index (χ1n) is 4.31. The minimum atomic E-state index is -0.0754. The third kappa shape index (κ3) is 0.821. The highest BCUT2D eigenvalue weighted by Crippen LogP contribution is 2.09. The summed E-state index contributed by atoms with van der Waals surface area (Å²) < 4.78 is 1.72. The molecular weight excluding hydrogens is 178 g/mol. The van der Waals surface area contributed by atoms with Gasteiger partial charge in [-0.15, -0.1) is 0 Å². The Labute approximate surface area is 78.8 Å². The molecule has 0 aliphatic rings. The number of nitrogens with zero attached hydrogens (tertiary/aromatic N) is 2. The van der Waals surface area contributed by atoms with Crippen LogP contribution in [0.5, 0.6) is 0 Å². The van der Waals surface area contributed by atoms with Gasteiger partial charge in [-0.25, -0.2) is 4.52 Å². The van der Waals surface area contributed by atoms with Gasteiger partial charge in [-0.3, -0.25) is 4.79 Å². The van der Waals surface area contributed by atoms with Crippen molar-refractivity contribution in [2.45, 2.75) is 0 Å². The lowest BCUT2D eigenvalue weighted by molar-refractivity contribution is 0.977. The van der Waals surface area contributed by atoms with Gasteiger partial charge in [0, 0.05) is 6.07 Å². The molecule has 0 spiro atoms. The third-order valence-electron chi connectivity index (χ3n) is 2.26. The van der Waals surface area contributed by atoms with Crippen LogP contribution in [0.1, 0.15) is 0 Å². The Kier molecular flexibility index (Phi) is 1.28. The van der Waals surface area contributed by atoms with E-state index in [0.29, 0.717) is 11.0 Å². The molecule has 0 saturated heterocycles. The second-order valence-electron chi connectivity index (χ2n) is 3.10. The van der Waals surface area contributed by atoms with E-state index in [-0.39, 0.29) is 5.56 Å². The molecule has 0 saturated carbocycles. The van der Waals surface area contributed by atoms with Crippen LogP contribution in [-0.2, 0) is 0 Å². The molecule has 68 valence electrons. The number of nitrogens with one attached hydrogen (secondary N) is 1. The first-order valence-corrected chi connectivity index (χ1v) is 4.31. The highest BCUT2D eigenvalue weighted by atomic mass is 16.1. The monoisotopic (exact) mass is 185 g/mol. The van der Waals surface area contributed by atoms with Gasteiger partial charge in [0.1, 0.15) is 5.65 Å². The summed E-state index contributed by atoms with van der Waals surface area (Å²) in [4.78, 5) is 14.4. The molecule has 0 bridgehead atoms. The number of benzene rings is 1. The fourth-order valence-electron chi connectivity index (χ4n) is 1.62. The molecule has 3 aromatic rings. The molecule has 4 nitrogen and oxygen atoms in total. The maximum Gasteiger partial charge on any atom is 0.259 e. The van der Waals surface area contributed by atoms with E-state index in [1.54, 1.807) is 22.8 Å². The number of aromatic nitrogens is 3. The number of fused-ring (bicyclic) bond motifs is 3. The van der Waals surface area contributed by atoms with E-state index < -0.39 is 0 Å². The normalized spacial score (nSPS) is 11.1. The fraction of sp³-hybridized carbons (Fsp3) is 0. The molecule has 0 amide bonds. The molecule has 0 radical (unpaired) electrons. The maximum atomic E-state index is 11.6. The van der Waals surface area contributed by atoms with Crippen molar-refractivity contribution in [1.29, 1.82) is 0 Å². The zero-order valence-corrected chi connectivity index (χ0v) is 7.27. The van der Waals surface area contributed by atoms with Crippen LogP contribution in [-0.4, -0.2) is 14.6 Å². The lowest BCUT2D eigenvalue weighted by Gasteiger charge is -1.99. The third-order valence-corrected chi connectivity index (χ3v) is 2.26. The molecule has 2 aromatic heterocycles. The van der Waals surface area contributed by atoms with Gasteiger partial charge in [0.25, 0.3) is 5.56 Å². The standard InChI is InChI=1S/C10H7N3O/c14-10-7-3-1-2-4-8(7)13-9(12-10)5-6-11-13/h1-6H,(H,12,14). The molecule has 1 aromatic carbocycles. The van der Waals surface area contributed by atoms with Crippen molar-refractivity contribution in [1.82, 2.24) is 14.6 Å². The average molecular weight is 185 g/mol. The summed E-state index contributed by atoms with van der Waals surface area (Å²) in [6.45, 7) is 0. The Bertz CT molecular complexity index is 665. The summed E-state index contributed by atoms with van der Waals surface area (Å²) in [7, 11) is 0. The molecule has 0 aliphatic heterocycles. The van der Waals surface area contributed by atoms with Crippen molar-refractivity contribution in [2.24, 2.45) is 0 Å². The highest BCUT2D eigenvalue weighted by molar-refractivity contribution is 5.79. The van der Waals surface area contributed by atoms with E-state index in [1.807, 2.05) is 18.2 Å². The summed E-state index contributed by atoms with van der Waals surface area (Å²) in [5.74, 6) is 0. The van der Waals surface area contributed by atoms with Crippen molar-refractivity contribution < 1.29 is 0 Å². The lowest BCUT2D eigenvalue weighted by atomic mass is 10.2. The first-order chi connectivity index (χ1) is 6.86. The molecule has 1 N–H and O–H groups in total. The van der Waals surface area contributed by atoms with Crippen molar-refractivity contribution in [3.8, 4) is 0 Å². The summed E-state index contributed by atoms with van der Waals surface area (Å²) in [5.41, 5.74) is 1.47. The van der Waals surface area contributed by atoms with E-state index in [0.717, 1.165) is 5.52 Å². The second kappa shape index (κ2) is 2.45. The zero-order valence-electron chi connectivity index (χ0n) is 7.27. The Morgan fingerprint density at radius 2 is 2.07 bits per heavy atom. The van der Waals surface area contributed by atoms with E-state index in [9.17, 15) is 4.79 Å². The Hall–Kier alpha value is -2.10. The quantitative estimate of drug-likeness (QED) is 0.571. The number of para-hydroxylation sites is 1. The fourth-order valence-corrected chi connectivity index (χ4v) is 1.62. The molecule has 0 aliphatic carbocycles. The minimum Gasteiger partial charge on any atom is -0.306 e. The van der Waals surface area contributed by atoms with Gasteiger partial charge in [-0.1, -0.05) is 12.1 Å². The van der Waals surface area contributed by atoms with Crippen LogP contribution in [0.4, 0.5) is 0 Å². The topological polar surface area (TPSA) is 50.2 Å². The highest BCUT2D eigenvalue weighted by Gasteiger charge is 2.02. The summed E-state index contributed by atoms with van der Waals surface area (Å²) in [6, 6.07) is 9.17. The van der Waals surface area contributed by atoms with Crippen LogP contribution >= 0.6 is 0 Å². The van der Waals surface area contributed by atoms with Crippen LogP contribution in [0, 0.1) is 0 Å². The van der Waals surface area contributed by atoms with Gasteiger partial charge in [0.05, 0.1) is 17.1 Å². The molecule has 14 heavy (non-hydrogen) atoms. The molecule has 2 heterocycles. The number of rotatable bonds is 0. The van der Waals surface area contributed by atoms with Crippen molar-refractivity contribution in [3.05, 3.63) is 46.9 Å². The van der Waals surface area contributed by atoms with Gasteiger partial charge in [-0.2, -0.15) is 5.10 Å². The van der Waals surface area contributed by atoms with Crippen molar-refractivity contribution >= 4 is 16.6 Å². The van der Waals surface area contributed by atoms with E-state index in [4.69, 9.17) is 0 Å². The van der Waals surface area contributed by atoms with Crippen LogP contribution in [0.2, 0.25) is 0 Å². The summed E-state index contributed by atoms with van der Waals surface area (Å²) >= 11 is 0. The summed E-state index contributed by atoms with van der Waals surface area (Å²) in [5, 5.41) is 4.79. The van der Waals surface area contributed by atoms with Crippen LogP contribution in [0.3, 0.4) is 0 Å². The second-order valence-corrected chi connectivity index (χ2v) is 3.10. The SMILES string of the molecule is O=c1[nH]c2ccnn2c2ccccc12. The Morgan fingerprint density at radius 3 is 3.00 bits per heavy atom. The maximum absolute atomic E-state index is 11.6. The molecular formula is C10H7N3O. The molecule has 0 fully saturated rings. The Morgan fingerprint density at radius 1 is 1.21 bits per heavy atom. The predicted molar refractivity (Wildman–Crippen MR) is 53.3 cm³/mol. The number of hydrogen-bond donors (Lipinski definition) is 1. The average Bonchev–Trinajstić information content (AvgIpc) is 2.66.